The molecule has 1 aliphatic carbocycles. The van der Waals surface area contributed by atoms with Crippen LogP contribution >= 0.6 is 0 Å². The van der Waals surface area contributed by atoms with Gasteiger partial charge in [-0.15, -0.1) is 0 Å². The summed E-state index contributed by atoms with van der Waals surface area (Å²) in [6, 6.07) is 93.6. The summed E-state index contributed by atoms with van der Waals surface area (Å²) < 4.78 is 0. The van der Waals surface area contributed by atoms with Gasteiger partial charge in [0.1, 0.15) is 0 Å². The van der Waals surface area contributed by atoms with Gasteiger partial charge >= 0.3 is 0 Å². The van der Waals surface area contributed by atoms with Crippen molar-refractivity contribution in [3.05, 3.63) is 271 Å². The van der Waals surface area contributed by atoms with Crippen molar-refractivity contribution >= 4 is 38.6 Å². The molecule has 0 aliphatic heterocycles. The van der Waals surface area contributed by atoms with Gasteiger partial charge in [0.2, 0.25) is 0 Å². The highest BCUT2D eigenvalue weighted by Gasteiger charge is 2.42. The SMILES string of the molecule is CC1(c2ccccc2)c2ccccc2-c2c(N(c3ccc(-c4ccc(-c5ccccc5)cc4)cc3)c3ccc4c(c3)c(-c3ccccc3)c(-c3ccccc3)c3ccccc34)cccc21. The molecule has 0 saturated carbocycles. The molecule has 0 bridgehead atoms. The highest BCUT2D eigenvalue weighted by molar-refractivity contribution is 6.22. The fourth-order valence-electron chi connectivity index (χ4n) is 10.6. The van der Waals surface area contributed by atoms with E-state index in [1.165, 1.54) is 93.9 Å². The van der Waals surface area contributed by atoms with E-state index in [1.807, 2.05) is 0 Å². The van der Waals surface area contributed by atoms with Crippen molar-refractivity contribution < 1.29 is 0 Å². The van der Waals surface area contributed by atoms with Crippen LogP contribution in [0.2, 0.25) is 0 Å². The molecule has 306 valence electrons. The van der Waals surface area contributed by atoms with Crippen LogP contribution in [0.15, 0.2) is 255 Å². The lowest BCUT2D eigenvalue weighted by molar-refractivity contribution is 0.714. The van der Waals surface area contributed by atoms with Crippen LogP contribution in [0.3, 0.4) is 0 Å². The van der Waals surface area contributed by atoms with Crippen molar-refractivity contribution in [2.75, 3.05) is 4.90 Å². The Bertz CT molecular complexity index is 3500. The molecule has 1 unspecified atom stereocenters. The second kappa shape index (κ2) is 15.8. The third-order valence-corrected chi connectivity index (χ3v) is 13.8. The molecule has 12 rings (SSSR count). The fourth-order valence-corrected chi connectivity index (χ4v) is 10.6. The normalized spacial score (nSPS) is 14.0. The Hall–Kier alpha value is -8.26. The van der Waals surface area contributed by atoms with E-state index in [0.29, 0.717) is 0 Å². The lowest BCUT2D eigenvalue weighted by Gasteiger charge is -2.31. The van der Waals surface area contributed by atoms with Gasteiger partial charge in [0.05, 0.1) is 5.69 Å². The minimum Gasteiger partial charge on any atom is -0.310 e. The summed E-state index contributed by atoms with van der Waals surface area (Å²) in [5, 5.41) is 4.94. The van der Waals surface area contributed by atoms with Gasteiger partial charge in [-0.25, -0.2) is 0 Å². The molecule has 0 amide bonds. The standard InChI is InChI=1S/C64H45N/c1-64(50-25-12-5-13-26-50)58-30-17-16-29-56(58)63-59(64)31-18-32-60(63)65(51-39-37-47(38-40-51)46-35-33-45(34-36-46)44-19-6-2-7-20-44)52-41-42-54-53-27-14-15-28-55(53)61(48-21-8-3-9-22-48)62(57(54)43-52)49-23-10-4-11-24-49/h2-43H,1H3. The Morgan fingerprint density at radius 3 is 1.37 bits per heavy atom. The van der Waals surface area contributed by atoms with Crippen LogP contribution < -0.4 is 4.90 Å². The van der Waals surface area contributed by atoms with E-state index >= 15 is 0 Å². The van der Waals surface area contributed by atoms with E-state index in [-0.39, 0.29) is 5.41 Å². The minimum absolute atomic E-state index is 0.335. The van der Waals surface area contributed by atoms with Crippen molar-refractivity contribution in [3.8, 4) is 55.6 Å². The molecule has 1 nitrogen and oxygen atoms in total. The van der Waals surface area contributed by atoms with Crippen molar-refractivity contribution in [1.82, 2.24) is 0 Å². The summed E-state index contributed by atoms with van der Waals surface area (Å²) in [5.74, 6) is 0. The first-order valence-electron chi connectivity index (χ1n) is 22.6. The number of nitrogens with zero attached hydrogens (tertiary/aromatic N) is 1. The summed E-state index contributed by atoms with van der Waals surface area (Å²) in [5.41, 5.74) is 19.2. The van der Waals surface area contributed by atoms with E-state index in [2.05, 4.69) is 267 Å². The lowest BCUT2D eigenvalue weighted by Crippen LogP contribution is -2.22. The van der Waals surface area contributed by atoms with Gasteiger partial charge in [-0.3, -0.25) is 0 Å². The van der Waals surface area contributed by atoms with Crippen LogP contribution in [-0.2, 0) is 5.41 Å². The van der Waals surface area contributed by atoms with Crippen LogP contribution in [0.5, 0.6) is 0 Å². The van der Waals surface area contributed by atoms with E-state index in [4.69, 9.17) is 0 Å². The predicted molar refractivity (Wildman–Crippen MR) is 275 cm³/mol. The van der Waals surface area contributed by atoms with Gasteiger partial charge in [-0.1, -0.05) is 224 Å². The van der Waals surface area contributed by atoms with Crippen molar-refractivity contribution in [3.63, 3.8) is 0 Å². The van der Waals surface area contributed by atoms with Crippen LogP contribution in [-0.4, -0.2) is 0 Å². The molecule has 0 spiro atoms. The molecule has 65 heavy (non-hydrogen) atoms. The molecule has 0 radical (unpaired) electrons. The Morgan fingerprint density at radius 2 is 0.738 bits per heavy atom. The average molecular weight is 828 g/mol. The third-order valence-electron chi connectivity index (χ3n) is 13.8. The van der Waals surface area contributed by atoms with Gasteiger partial charge in [-0.2, -0.15) is 0 Å². The zero-order chi connectivity index (χ0) is 43.3. The van der Waals surface area contributed by atoms with Crippen LogP contribution in [0.1, 0.15) is 23.6 Å². The maximum atomic E-state index is 2.50. The summed E-state index contributed by atoms with van der Waals surface area (Å²) in [7, 11) is 0. The third kappa shape index (κ3) is 6.39. The van der Waals surface area contributed by atoms with Crippen LogP contribution in [0.25, 0.3) is 77.2 Å². The van der Waals surface area contributed by atoms with Gasteiger partial charge in [0.15, 0.2) is 0 Å². The molecule has 0 aromatic heterocycles. The van der Waals surface area contributed by atoms with E-state index in [0.717, 1.165) is 17.1 Å². The molecule has 0 saturated heterocycles. The Balaban J connectivity index is 1.11. The Morgan fingerprint density at radius 1 is 0.292 bits per heavy atom. The van der Waals surface area contributed by atoms with Gasteiger partial charge in [-0.05, 0) is 126 Å². The number of hydrogen-bond acceptors (Lipinski definition) is 1. The topological polar surface area (TPSA) is 3.24 Å². The quantitative estimate of drug-likeness (QED) is 0.138. The highest BCUT2D eigenvalue weighted by atomic mass is 15.1. The Labute approximate surface area is 381 Å². The summed E-state index contributed by atoms with van der Waals surface area (Å²) in [4.78, 5) is 2.50. The van der Waals surface area contributed by atoms with Gasteiger partial charge < -0.3 is 4.90 Å². The first-order chi connectivity index (χ1) is 32.1. The number of benzene rings is 11. The molecule has 1 heteroatoms. The van der Waals surface area contributed by atoms with Gasteiger partial charge in [0.25, 0.3) is 0 Å². The summed E-state index contributed by atoms with van der Waals surface area (Å²) >= 11 is 0. The molecule has 11 aromatic carbocycles. The number of rotatable bonds is 8. The zero-order valence-electron chi connectivity index (χ0n) is 36.2. The van der Waals surface area contributed by atoms with E-state index < -0.39 is 0 Å². The molecule has 1 aliphatic rings. The summed E-state index contributed by atoms with van der Waals surface area (Å²) in [6.45, 7) is 2.40. The molecular formula is C64H45N. The van der Waals surface area contributed by atoms with E-state index in [1.54, 1.807) is 0 Å². The number of hydrogen-bond donors (Lipinski definition) is 0. The average Bonchev–Trinajstić information content (AvgIpc) is 3.66. The maximum absolute atomic E-state index is 2.50. The van der Waals surface area contributed by atoms with Crippen molar-refractivity contribution in [1.29, 1.82) is 0 Å². The first kappa shape index (κ1) is 38.4. The van der Waals surface area contributed by atoms with Crippen molar-refractivity contribution in [2.24, 2.45) is 0 Å². The van der Waals surface area contributed by atoms with Crippen LogP contribution in [0.4, 0.5) is 17.1 Å². The number of anilines is 3. The predicted octanol–water partition coefficient (Wildman–Crippen LogP) is 17.5. The van der Waals surface area contributed by atoms with Gasteiger partial charge in [0, 0.05) is 22.4 Å². The molecule has 0 N–H and O–H groups in total. The lowest BCUT2D eigenvalue weighted by atomic mass is 9.74. The first-order valence-corrected chi connectivity index (χ1v) is 22.6. The highest BCUT2D eigenvalue weighted by Crippen LogP contribution is 2.57. The summed E-state index contributed by atoms with van der Waals surface area (Å²) in [6.07, 6.45) is 0. The zero-order valence-corrected chi connectivity index (χ0v) is 36.2. The largest absolute Gasteiger partial charge is 0.310 e. The second-order valence-electron chi connectivity index (χ2n) is 17.3. The molecule has 0 heterocycles. The Kier molecular flexibility index (Phi) is 9.35. The van der Waals surface area contributed by atoms with Crippen LogP contribution in [0, 0.1) is 0 Å². The molecular weight excluding hydrogens is 783 g/mol. The molecule has 0 fully saturated rings. The van der Waals surface area contributed by atoms with Crippen molar-refractivity contribution in [2.45, 2.75) is 12.3 Å². The second-order valence-corrected chi connectivity index (χ2v) is 17.3. The molecule has 11 aromatic rings. The molecule has 1 atom stereocenters. The minimum atomic E-state index is -0.335. The smallest absolute Gasteiger partial charge is 0.0543 e. The van der Waals surface area contributed by atoms with E-state index in [9.17, 15) is 0 Å². The number of fused-ring (bicyclic) bond motifs is 6. The maximum Gasteiger partial charge on any atom is 0.0543 e. The fraction of sp³-hybridized carbons (Fsp3) is 0.0312. The monoisotopic (exact) mass is 827 g/mol.